The van der Waals surface area contributed by atoms with Crippen LogP contribution in [0.25, 0.3) is 10.8 Å². The first-order valence-electron chi connectivity index (χ1n) is 7.69. The SMILES string of the molecule is [CH2]CCCc1cc(C2CCCC2)cc2ccccc12. The zero-order chi connectivity index (χ0) is 13.1. The molecule has 3 rings (SSSR count). The van der Waals surface area contributed by atoms with Crippen molar-refractivity contribution in [3.05, 3.63) is 54.4 Å². The standard InChI is InChI=1S/C19H23/c1-2-3-8-16-13-18(15-9-4-5-10-15)14-17-11-6-7-12-19(16)17/h6-7,11-15H,1-5,8-10H2. The van der Waals surface area contributed by atoms with Crippen molar-refractivity contribution >= 4 is 10.8 Å². The van der Waals surface area contributed by atoms with Gasteiger partial charge in [0.05, 0.1) is 0 Å². The molecular weight excluding hydrogens is 228 g/mol. The molecule has 1 radical (unpaired) electrons. The molecule has 0 bridgehead atoms. The van der Waals surface area contributed by atoms with Crippen molar-refractivity contribution in [2.75, 3.05) is 0 Å². The maximum atomic E-state index is 3.98. The van der Waals surface area contributed by atoms with Crippen LogP contribution in [0.5, 0.6) is 0 Å². The Balaban J connectivity index is 2.03. The van der Waals surface area contributed by atoms with Gasteiger partial charge >= 0.3 is 0 Å². The van der Waals surface area contributed by atoms with Crippen LogP contribution in [-0.4, -0.2) is 0 Å². The highest BCUT2D eigenvalue weighted by molar-refractivity contribution is 5.86. The minimum absolute atomic E-state index is 0.808. The van der Waals surface area contributed by atoms with E-state index in [2.05, 4.69) is 43.3 Å². The lowest BCUT2D eigenvalue weighted by Crippen LogP contribution is -1.96. The highest BCUT2D eigenvalue weighted by atomic mass is 14.2. The van der Waals surface area contributed by atoms with E-state index in [4.69, 9.17) is 0 Å². The van der Waals surface area contributed by atoms with Gasteiger partial charge in [-0.1, -0.05) is 62.6 Å². The van der Waals surface area contributed by atoms with Gasteiger partial charge in [0.2, 0.25) is 0 Å². The molecule has 2 aromatic carbocycles. The molecule has 0 unspecified atom stereocenters. The number of benzene rings is 2. The fourth-order valence-electron chi connectivity index (χ4n) is 3.43. The maximum absolute atomic E-state index is 3.98. The summed E-state index contributed by atoms with van der Waals surface area (Å²) in [6, 6.07) is 13.8. The zero-order valence-corrected chi connectivity index (χ0v) is 11.7. The van der Waals surface area contributed by atoms with Crippen LogP contribution in [0.1, 0.15) is 55.6 Å². The van der Waals surface area contributed by atoms with E-state index in [1.165, 1.54) is 54.9 Å². The summed E-state index contributed by atoms with van der Waals surface area (Å²) >= 11 is 0. The predicted octanol–water partition coefficient (Wildman–Crippen LogP) is 5.65. The first-order chi connectivity index (χ1) is 9.38. The normalized spacial score (nSPS) is 16.3. The van der Waals surface area contributed by atoms with Gasteiger partial charge in [0.15, 0.2) is 0 Å². The summed E-state index contributed by atoms with van der Waals surface area (Å²) in [6.45, 7) is 3.98. The Morgan fingerprint density at radius 1 is 1.05 bits per heavy atom. The summed E-state index contributed by atoms with van der Waals surface area (Å²) in [5.74, 6) is 0.808. The van der Waals surface area contributed by atoms with Crippen LogP contribution < -0.4 is 0 Å². The number of rotatable bonds is 4. The van der Waals surface area contributed by atoms with Crippen molar-refractivity contribution in [1.29, 1.82) is 0 Å². The molecule has 1 aliphatic carbocycles. The Hall–Kier alpha value is -1.30. The first kappa shape index (κ1) is 12.7. The molecule has 0 heteroatoms. The number of aryl methyl sites for hydroxylation is 1. The summed E-state index contributed by atoms with van der Waals surface area (Å²) in [5, 5.41) is 2.86. The minimum atomic E-state index is 0.808. The second-order valence-electron chi connectivity index (χ2n) is 5.84. The van der Waals surface area contributed by atoms with Crippen LogP contribution in [0.15, 0.2) is 36.4 Å². The van der Waals surface area contributed by atoms with Gasteiger partial charge in [-0.25, -0.2) is 0 Å². The zero-order valence-electron chi connectivity index (χ0n) is 11.7. The predicted molar refractivity (Wildman–Crippen MR) is 83.5 cm³/mol. The van der Waals surface area contributed by atoms with Gasteiger partial charge in [-0.05, 0) is 53.5 Å². The molecule has 0 saturated heterocycles. The van der Waals surface area contributed by atoms with Crippen LogP contribution in [0.3, 0.4) is 0 Å². The lowest BCUT2D eigenvalue weighted by atomic mass is 9.90. The summed E-state index contributed by atoms with van der Waals surface area (Å²) < 4.78 is 0. The third-order valence-corrected chi connectivity index (χ3v) is 4.49. The number of hydrogen-bond donors (Lipinski definition) is 0. The van der Waals surface area contributed by atoms with Gasteiger partial charge < -0.3 is 0 Å². The van der Waals surface area contributed by atoms with Crippen molar-refractivity contribution in [3.63, 3.8) is 0 Å². The van der Waals surface area contributed by atoms with E-state index in [0.29, 0.717) is 0 Å². The van der Waals surface area contributed by atoms with Crippen molar-refractivity contribution in [2.45, 2.75) is 50.9 Å². The molecular formula is C19H23. The van der Waals surface area contributed by atoms with E-state index in [-0.39, 0.29) is 0 Å². The largest absolute Gasteiger partial charge is 0.0616 e. The topological polar surface area (TPSA) is 0 Å². The smallest absolute Gasteiger partial charge is 0.0152 e. The summed E-state index contributed by atoms with van der Waals surface area (Å²) in [6.07, 6.45) is 8.97. The van der Waals surface area contributed by atoms with E-state index >= 15 is 0 Å². The van der Waals surface area contributed by atoms with E-state index in [9.17, 15) is 0 Å². The Morgan fingerprint density at radius 2 is 1.84 bits per heavy atom. The van der Waals surface area contributed by atoms with Crippen molar-refractivity contribution in [2.24, 2.45) is 0 Å². The van der Waals surface area contributed by atoms with Gasteiger partial charge in [-0.15, -0.1) is 0 Å². The number of hydrogen-bond acceptors (Lipinski definition) is 0. The van der Waals surface area contributed by atoms with E-state index in [1.54, 1.807) is 5.56 Å². The average molecular weight is 251 g/mol. The van der Waals surface area contributed by atoms with E-state index in [0.717, 1.165) is 12.3 Å². The monoisotopic (exact) mass is 251 g/mol. The van der Waals surface area contributed by atoms with Crippen molar-refractivity contribution in [1.82, 2.24) is 0 Å². The Kier molecular flexibility index (Phi) is 3.87. The molecule has 0 aliphatic heterocycles. The third-order valence-electron chi connectivity index (χ3n) is 4.49. The lowest BCUT2D eigenvalue weighted by molar-refractivity contribution is 0.721. The van der Waals surface area contributed by atoms with Gasteiger partial charge in [0.25, 0.3) is 0 Å². The Morgan fingerprint density at radius 3 is 2.63 bits per heavy atom. The van der Waals surface area contributed by atoms with Crippen LogP contribution in [0, 0.1) is 6.92 Å². The average Bonchev–Trinajstić information content (AvgIpc) is 2.98. The van der Waals surface area contributed by atoms with Gasteiger partial charge in [0, 0.05) is 0 Å². The molecule has 0 heterocycles. The molecule has 1 saturated carbocycles. The van der Waals surface area contributed by atoms with Gasteiger partial charge in [-0.2, -0.15) is 0 Å². The van der Waals surface area contributed by atoms with Crippen LogP contribution in [0.2, 0.25) is 0 Å². The summed E-state index contributed by atoms with van der Waals surface area (Å²) in [5.41, 5.74) is 3.11. The van der Waals surface area contributed by atoms with Crippen molar-refractivity contribution < 1.29 is 0 Å². The minimum Gasteiger partial charge on any atom is -0.0616 e. The van der Waals surface area contributed by atoms with Crippen LogP contribution in [-0.2, 0) is 6.42 Å². The second kappa shape index (κ2) is 5.77. The molecule has 99 valence electrons. The van der Waals surface area contributed by atoms with Gasteiger partial charge in [-0.3, -0.25) is 0 Å². The number of unbranched alkanes of at least 4 members (excludes halogenated alkanes) is 1. The molecule has 0 atom stereocenters. The molecule has 1 aliphatic rings. The molecule has 0 aromatic heterocycles. The fourth-order valence-corrected chi connectivity index (χ4v) is 3.43. The molecule has 2 aromatic rings. The first-order valence-corrected chi connectivity index (χ1v) is 7.69. The van der Waals surface area contributed by atoms with Crippen molar-refractivity contribution in [3.8, 4) is 0 Å². The van der Waals surface area contributed by atoms with E-state index < -0.39 is 0 Å². The molecule has 0 amide bonds. The highest BCUT2D eigenvalue weighted by Crippen LogP contribution is 2.36. The molecule has 1 fully saturated rings. The van der Waals surface area contributed by atoms with Gasteiger partial charge in [0.1, 0.15) is 0 Å². The molecule has 19 heavy (non-hydrogen) atoms. The second-order valence-corrected chi connectivity index (χ2v) is 5.84. The van der Waals surface area contributed by atoms with Crippen LogP contribution >= 0.6 is 0 Å². The Labute approximate surface area is 116 Å². The quantitative estimate of drug-likeness (QED) is 0.658. The summed E-state index contributed by atoms with van der Waals surface area (Å²) in [4.78, 5) is 0. The van der Waals surface area contributed by atoms with E-state index in [1.807, 2.05) is 0 Å². The summed E-state index contributed by atoms with van der Waals surface area (Å²) in [7, 11) is 0. The molecule has 0 spiro atoms. The maximum Gasteiger partial charge on any atom is -0.0152 e. The Bertz CT molecular complexity index is 547. The lowest BCUT2D eigenvalue weighted by Gasteiger charge is -2.14. The third kappa shape index (κ3) is 2.68. The van der Waals surface area contributed by atoms with Crippen LogP contribution in [0.4, 0.5) is 0 Å². The molecule has 0 nitrogen and oxygen atoms in total. The molecule has 0 N–H and O–H groups in total. The fraction of sp³-hybridized carbons (Fsp3) is 0.421. The highest BCUT2D eigenvalue weighted by Gasteiger charge is 2.18. The number of fused-ring (bicyclic) bond motifs is 1.